The molecule has 1 unspecified atom stereocenters. The SMILES string of the molecule is CCC1COCCN1c1cccc(OC)c1C(C)=O. The van der Waals surface area contributed by atoms with Crippen LogP contribution >= 0.6 is 0 Å². The number of nitrogens with zero attached hydrogens (tertiary/aromatic N) is 1. The molecule has 0 N–H and O–H groups in total. The summed E-state index contributed by atoms with van der Waals surface area (Å²) in [5.74, 6) is 0.681. The lowest BCUT2D eigenvalue weighted by Crippen LogP contribution is -2.45. The normalized spacial score (nSPS) is 19.3. The molecule has 1 atom stereocenters. The number of ketones is 1. The van der Waals surface area contributed by atoms with E-state index in [9.17, 15) is 4.79 Å². The average molecular weight is 263 g/mol. The molecule has 4 heteroatoms. The molecule has 1 saturated heterocycles. The first-order chi connectivity index (χ1) is 9.19. The lowest BCUT2D eigenvalue weighted by molar-refractivity contribution is 0.0922. The Morgan fingerprint density at radius 1 is 1.53 bits per heavy atom. The summed E-state index contributed by atoms with van der Waals surface area (Å²) in [6, 6.07) is 6.08. The Bertz CT molecular complexity index is 459. The van der Waals surface area contributed by atoms with Crippen LogP contribution in [0.3, 0.4) is 0 Å². The lowest BCUT2D eigenvalue weighted by Gasteiger charge is -2.38. The lowest BCUT2D eigenvalue weighted by atomic mass is 10.0. The molecule has 0 spiro atoms. The highest BCUT2D eigenvalue weighted by Crippen LogP contribution is 2.32. The van der Waals surface area contributed by atoms with E-state index < -0.39 is 0 Å². The van der Waals surface area contributed by atoms with Gasteiger partial charge in [0.2, 0.25) is 0 Å². The van der Waals surface area contributed by atoms with Crippen LogP contribution < -0.4 is 9.64 Å². The maximum Gasteiger partial charge on any atom is 0.165 e. The van der Waals surface area contributed by atoms with Crippen LogP contribution in [0.15, 0.2) is 18.2 Å². The minimum atomic E-state index is 0.0359. The molecule has 4 nitrogen and oxygen atoms in total. The standard InChI is InChI=1S/C15H21NO3/c1-4-12-10-19-9-8-16(12)13-6-5-7-14(18-3)15(13)11(2)17/h5-7,12H,4,8-10H2,1-3H3. The first kappa shape index (κ1) is 13.9. The summed E-state index contributed by atoms with van der Waals surface area (Å²) in [6.07, 6.45) is 0.995. The molecule has 1 aromatic carbocycles. The van der Waals surface area contributed by atoms with Gasteiger partial charge in [0, 0.05) is 6.54 Å². The van der Waals surface area contributed by atoms with Gasteiger partial charge < -0.3 is 14.4 Å². The molecule has 1 aliphatic rings. The Hall–Kier alpha value is -1.55. The quantitative estimate of drug-likeness (QED) is 0.782. The van der Waals surface area contributed by atoms with Crippen molar-refractivity contribution in [1.82, 2.24) is 0 Å². The van der Waals surface area contributed by atoms with Crippen molar-refractivity contribution in [1.29, 1.82) is 0 Å². The van der Waals surface area contributed by atoms with E-state index in [1.807, 2.05) is 18.2 Å². The minimum absolute atomic E-state index is 0.0359. The molecule has 0 saturated carbocycles. The van der Waals surface area contributed by atoms with E-state index in [-0.39, 0.29) is 5.78 Å². The topological polar surface area (TPSA) is 38.8 Å². The number of benzene rings is 1. The fraction of sp³-hybridized carbons (Fsp3) is 0.533. The second kappa shape index (κ2) is 6.06. The molecular weight excluding hydrogens is 242 g/mol. The van der Waals surface area contributed by atoms with Crippen molar-refractivity contribution >= 4 is 11.5 Å². The van der Waals surface area contributed by atoms with Crippen LogP contribution in [0.1, 0.15) is 30.6 Å². The van der Waals surface area contributed by atoms with Crippen molar-refractivity contribution in [2.24, 2.45) is 0 Å². The van der Waals surface area contributed by atoms with Gasteiger partial charge >= 0.3 is 0 Å². The Kier molecular flexibility index (Phi) is 4.43. The van der Waals surface area contributed by atoms with E-state index in [2.05, 4.69) is 11.8 Å². The summed E-state index contributed by atoms with van der Waals surface area (Å²) in [6.45, 7) is 5.95. The molecule has 0 bridgehead atoms. The molecule has 19 heavy (non-hydrogen) atoms. The molecule has 104 valence electrons. The number of methoxy groups -OCH3 is 1. The van der Waals surface area contributed by atoms with Crippen molar-refractivity contribution in [2.75, 3.05) is 31.8 Å². The molecule has 0 amide bonds. The maximum atomic E-state index is 11.9. The van der Waals surface area contributed by atoms with Gasteiger partial charge in [-0.25, -0.2) is 0 Å². The average Bonchev–Trinajstić information content (AvgIpc) is 2.46. The number of Topliss-reactive ketones (excluding diaryl/α,β-unsaturated/α-hetero) is 1. The summed E-state index contributed by atoms with van der Waals surface area (Å²) >= 11 is 0. The first-order valence-corrected chi connectivity index (χ1v) is 6.71. The van der Waals surface area contributed by atoms with Crippen molar-refractivity contribution in [3.63, 3.8) is 0 Å². The summed E-state index contributed by atoms with van der Waals surface area (Å²) < 4.78 is 10.9. The molecule has 1 heterocycles. The molecule has 1 fully saturated rings. The largest absolute Gasteiger partial charge is 0.496 e. The summed E-state index contributed by atoms with van der Waals surface area (Å²) in [4.78, 5) is 14.2. The monoisotopic (exact) mass is 263 g/mol. The van der Waals surface area contributed by atoms with Crippen LogP contribution in [0.25, 0.3) is 0 Å². The zero-order valence-electron chi connectivity index (χ0n) is 11.8. The van der Waals surface area contributed by atoms with Crippen molar-refractivity contribution in [3.05, 3.63) is 23.8 Å². The van der Waals surface area contributed by atoms with E-state index >= 15 is 0 Å². The summed E-state index contributed by atoms with van der Waals surface area (Å²) in [5, 5.41) is 0. The number of carbonyl (C=O) groups is 1. The van der Waals surface area contributed by atoms with Gasteiger partial charge in [-0.15, -0.1) is 0 Å². The molecule has 2 rings (SSSR count). The summed E-state index contributed by atoms with van der Waals surface area (Å²) in [7, 11) is 1.60. The second-order valence-electron chi connectivity index (χ2n) is 4.74. The van der Waals surface area contributed by atoms with Crippen LogP contribution in [0.2, 0.25) is 0 Å². The van der Waals surface area contributed by atoms with Crippen molar-refractivity contribution < 1.29 is 14.3 Å². The second-order valence-corrected chi connectivity index (χ2v) is 4.74. The summed E-state index contributed by atoms with van der Waals surface area (Å²) in [5.41, 5.74) is 1.63. The van der Waals surface area contributed by atoms with E-state index in [0.717, 1.165) is 18.7 Å². The van der Waals surface area contributed by atoms with Gasteiger partial charge in [0.05, 0.1) is 37.6 Å². The van der Waals surface area contributed by atoms with E-state index in [1.165, 1.54) is 0 Å². The Labute approximate surface area is 114 Å². The fourth-order valence-electron chi connectivity index (χ4n) is 2.59. The molecule has 1 aromatic rings. The van der Waals surface area contributed by atoms with Gasteiger partial charge in [-0.1, -0.05) is 13.0 Å². The smallest absolute Gasteiger partial charge is 0.165 e. The van der Waals surface area contributed by atoms with Crippen molar-refractivity contribution in [3.8, 4) is 5.75 Å². The molecule has 0 aliphatic carbocycles. The van der Waals surface area contributed by atoms with Gasteiger partial charge in [-0.05, 0) is 25.5 Å². The highest BCUT2D eigenvalue weighted by Gasteiger charge is 2.26. The van der Waals surface area contributed by atoms with Crippen LogP contribution in [0.4, 0.5) is 5.69 Å². The highest BCUT2D eigenvalue weighted by molar-refractivity contribution is 6.02. The fourth-order valence-corrected chi connectivity index (χ4v) is 2.59. The predicted octanol–water partition coefficient (Wildman–Crippen LogP) is 2.51. The molecule has 0 aromatic heterocycles. The predicted molar refractivity (Wildman–Crippen MR) is 75.2 cm³/mol. The van der Waals surface area contributed by atoms with Crippen LogP contribution in [0, 0.1) is 0 Å². The van der Waals surface area contributed by atoms with Crippen LogP contribution in [-0.4, -0.2) is 38.7 Å². The number of rotatable bonds is 4. The zero-order valence-corrected chi connectivity index (χ0v) is 11.8. The first-order valence-electron chi connectivity index (χ1n) is 6.71. The Morgan fingerprint density at radius 3 is 2.95 bits per heavy atom. The number of carbonyl (C=O) groups excluding carboxylic acids is 1. The zero-order chi connectivity index (χ0) is 13.8. The van der Waals surface area contributed by atoms with E-state index in [1.54, 1.807) is 14.0 Å². The number of anilines is 1. The number of morpholine rings is 1. The number of hydrogen-bond acceptors (Lipinski definition) is 4. The Morgan fingerprint density at radius 2 is 2.32 bits per heavy atom. The van der Waals surface area contributed by atoms with E-state index in [4.69, 9.17) is 9.47 Å². The van der Waals surface area contributed by atoms with Crippen LogP contribution in [0.5, 0.6) is 5.75 Å². The van der Waals surface area contributed by atoms with Gasteiger partial charge in [-0.2, -0.15) is 0 Å². The molecule has 1 aliphatic heterocycles. The highest BCUT2D eigenvalue weighted by atomic mass is 16.5. The van der Waals surface area contributed by atoms with Crippen molar-refractivity contribution in [2.45, 2.75) is 26.3 Å². The van der Waals surface area contributed by atoms with Gasteiger partial charge in [0.1, 0.15) is 5.75 Å². The number of ether oxygens (including phenoxy) is 2. The van der Waals surface area contributed by atoms with Gasteiger partial charge in [0.15, 0.2) is 5.78 Å². The van der Waals surface area contributed by atoms with Gasteiger partial charge in [-0.3, -0.25) is 4.79 Å². The molecular formula is C15H21NO3. The maximum absolute atomic E-state index is 11.9. The third-order valence-corrected chi connectivity index (χ3v) is 3.58. The van der Waals surface area contributed by atoms with E-state index in [0.29, 0.717) is 30.6 Å². The van der Waals surface area contributed by atoms with Gasteiger partial charge in [0.25, 0.3) is 0 Å². The number of hydrogen-bond donors (Lipinski definition) is 0. The third-order valence-electron chi connectivity index (χ3n) is 3.58. The Balaban J connectivity index is 2.45. The van der Waals surface area contributed by atoms with Crippen LogP contribution in [-0.2, 0) is 4.74 Å². The third kappa shape index (κ3) is 2.73. The molecule has 0 radical (unpaired) electrons. The minimum Gasteiger partial charge on any atom is -0.496 e.